The lowest BCUT2D eigenvalue weighted by Crippen LogP contribution is -2.31. The van der Waals surface area contributed by atoms with Crippen LogP contribution >= 0.6 is 11.3 Å². The Labute approximate surface area is 88.8 Å². The van der Waals surface area contributed by atoms with E-state index in [1.165, 1.54) is 17.8 Å². The van der Waals surface area contributed by atoms with Crippen molar-refractivity contribution in [3.8, 4) is 6.07 Å². The summed E-state index contributed by atoms with van der Waals surface area (Å²) in [4.78, 5) is 3.21. The zero-order valence-electron chi connectivity index (χ0n) is 8.36. The van der Waals surface area contributed by atoms with Crippen LogP contribution in [0.5, 0.6) is 0 Å². The van der Waals surface area contributed by atoms with Crippen molar-refractivity contribution in [1.29, 1.82) is 5.26 Å². The monoisotopic (exact) mass is 206 g/mol. The van der Waals surface area contributed by atoms with Crippen molar-refractivity contribution in [3.63, 3.8) is 0 Å². The van der Waals surface area contributed by atoms with E-state index >= 15 is 0 Å². The first-order chi connectivity index (χ1) is 6.79. The van der Waals surface area contributed by atoms with Crippen LogP contribution in [-0.4, -0.2) is 13.1 Å². The number of anilines is 1. The molecule has 1 saturated heterocycles. The van der Waals surface area contributed by atoms with Crippen molar-refractivity contribution >= 4 is 16.3 Å². The summed E-state index contributed by atoms with van der Waals surface area (Å²) < 4.78 is 0. The lowest BCUT2D eigenvalue weighted by atomic mass is 10.00. The topological polar surface area (TPSA) is 27.0 Å². The fourth-order valence-corrected chi connectivity index (χ4v) is 2.64. The van der Waals surface area contributed by atoms with Gasteiger partial charge in [0, 0.05) is 13.1 Å². The normalized spacial score (nSPS) is 18.1. The zero-order valence-corrected chi connectivity index (χ0v) is 9.18. The second-order valence-corrected chi connectivity index (χ2v) is 4.98. The average molecular weight is 206 g/mol. The third-order valence-corrected chi connectivity index (χ3v) is 3.85. The molecule has 0 amide bonds. The molecule has 0 radical (unpaired) electrons. The molecule has 2 heterocycles. The van der Waals surface area contributed by atoms with Crippen molar-refractivity contribution in [3.05, 3.63) is 17.0 Å². The van der Waals surface area contributed by atoms with Crippen LogP contribution in [0, 0.1) is 17.2 Å². The Hall–Kier alpha value is -1.01. The van der Waals surface area contributed by atoms with Crippen LogP contribution in [0.1, 0.15) is 24.6 Å². The van der Waals surface area contributed by atoms with E-state index in [0.29, 0.717) is 0 Å². The average Bonchev–Trinajstić information content (AvgIpc) is 2.67. The lowest BCUT2D eigenvalue weighted by Gasteiger charge is -2.30. The Morgan fingerprint density at radius 3 is 2.71 bits per heavy atom. The first-order valence-corrected chi connectivity index (χ1v) is 5.86. The van der Waals surface area contributed by atoms with E-state index in [1.54, 1.807) is 11.3 Å². The molecule has 0 aromatic carbocycles. The second-order valence-electron chi connectivity index (χ2n) is 3.92. The van der Waals surface area contributed by atoms with Crippen molar-refractivity contribution < 1.29 is 0 Å². The van der Waals surface area contributed by atoms with Crippen LogP contribution in [0.25, 0.3) is 0 Å². The van der Waals surface area contributed by atoms with Gasteiger partial charge < -0.3 is 4.90 Å². The molecule has 0 N–H and O–H groups in total. The van der Waals surface area contributed by atoms with Gasteiger partial charge in [0.2, 0.25) is 0 Å². The van der Waals surface area contributed by atoms with E-state index in [-0.39, 0.29) is 0 Å². The van der Waals surface area contributed by atoms with Crippen LogP contribution in [0.3, 0.4) is 0 Å². The highest BCUT2D eigenvalue weighted by Crippen LogP contribution is 2.29. The van der Waals surface area contributed by atoms with Gasteiger partial charge in [-0.25, -0.2) is 0 Å². The summed E-state index contributed by atoms with van der Waals surface area (Å²) in [6.45, 7) is 4.60. The quantitative estimate of drug-likeness (QED) is 0.706. The van der Waals surface area contributed by atoms with E-state index in [1.807, 2.05) is 6.07 Å². The molecular weight excluding hydrogens is 192 g/mol. The fraction of sp³-hybridized carbons (Fsp3) is 0.545. The summed E-state index contributed by atoms with van der Waals surface area (Å²) in [7, 11) is 0. The maximum atomic E-state index is 8.73. The Morgan fingerprint density at radius 1 is 1.43 bits per heavy atom. The standard InChI is InChI=1S/C11H14N2S/c1-9-4-6-13(7-5-9)11-3-2-10(8-12)14-11/h2-3,9H,4-7H2,1H3. The highest BCUT2D eigenvalue weighted by atomic mass is 32.1. The Morgan fingerprint density at radius 2 is 2.14 bits per heavy atom. The van der Waals surface area contributed by atoms with Gasteiger partial charge in [0.05, 0.1) is 5.00 Å². The van der Waals surface area contributed by atoms with E-state index in [4.69, 9.17) is 5.26 Å². The predicted octanol–water partition coefficient (Wildman–Crippen LogP) is 2.86. The molecule has 0 spiro atoms. The van der Waals surface area contributed by atoms with Gasteiger partial charge in [-0.2, -0.15) is 5.26 Å². The molecule has 0 saturated carbocycles. The number of rotatable bonds is 1. The molecular formula is C11H14N2S. The van der Waals surface area contributed by atoms with E-state index in [9.17, 15) is 0 Å². The van der Waals surface area contributed by atoms with Crippen LogP contribution in [0.15, 0.2) is 12.1 Å². The number of nitriles is 1. The lowest BCUT2D eigenvalue weighted by molar-refractivity contribution is 0.440. The number of hydrogen-bond donors (Lipinski definition) is 0. The molecule has 0 unspecified atom stereocenters. The largest absolute Gasteiger partial charge is 0.363 e. The number of nitrogens with zero attached hydrogens (tertiary/aromatic N) is 2. The highest BCUT2D eigenvalue weighted by molar-refractivity contribution is 7.16. The molecule has 3 heteroatoms. The Balaban J connectivity index is 2.05. The van der Waals surface area contributed by atoms with Crippen LogP contribution in [0.4, 0.5) is 5.00 Å². The molecule has 14 heavy (non-hydrogen) atoms. The van der Waals surface area contributed by atoms with Gasteiger partial charge in [-0.15, -0.1) is 11.3 Å². The van der Waals surface area contributed by atoms with E-state index in [0.717, 1.165) is 23.9 Å². The zero-order chi connectivity index (χ0) is 9.97. The molecule has 0 atom stereocenters. The molecule has 74 valence electrons. The molecule has 0 bridgehead atoms. The first-order valence-electron chi connectivity index (χ1n) is 5.04. The van der Waals surface area contributed by atoms with E-state index < -0.39 is 0 Å². The minimum atomic E-state index is 0.818. The summed E-state index contributed by atoms with van der Waals surface area (Å²) >= 11 is 1.61. The third-order valence-electron chi connectivity index (χ3n) is 2.80. The molecule has 0 aliphatic carbocycles. The van der Waals surface area contributed by atoms with Crippen LogP contribution in [-0.2, 0) is 0 Å². The highest BCUT2D eigenvalue weighted by Gasteiger charge is 2.17. The molecule has 1 aromatic heterocycles. The molecule has 2 rings (SSSR count). The summed E-state index contributed by atoms with van der Waals surface area (Å²) in [5.74, 6) is 0.863. The van der Waals surface area contributed by atoms with Crippen LogP contribution < -0.4 is 4.90 Å². The van der Waals surface area contributed by atoms with Gasteiger partial charge in [0.1, 0.15) is 10.9 Å². The van der Waals surface area contributed by atoms with Crippen molar-refractivity contribution in [2.45, 2.75) is 19.8 Å². The van der Waals surface area contributed by atoms with Gasteiger partial charge in [-0.3, -0.25) is 0 Å². The first kappa shape index (κ1) is 9.54. The summed E-state index contributed by atoms with van der Waals surface area (Å²) in [5.41, 5.74) is 0. The van der Waals surface area contributed by atoms with Gasteiger partial charge >= 0.3 is 0 Å². The summed E-state index contributed by atoms with van der Waals surface area (Å²) in [6, 6.07) is 6.17. The SMILES string of the molecule is CC1CCN(c2ccc(C#N)s2)CC1. The molecule has 2 nitrogen and oxygen atoms in total. The second kappa shape index (κ2) is 4.02. The summed E-state index contributed by atoms with van der Waals surface area (Å²) in [5, 5.41) is 9.99. The minimum Gasteiger partial charge on any atom is -0.363 e. The number of hydrogen-bond acceptors (Lipinski definition) is 3. The van der Waals surface area contributed by atoms with E-state index in [2.05, 4.69) is 24.0 Å². The summed E-state index contributed by atoms with van der Waals surface area (Å²) in [6.07, 6.45) is 2.56. The predicted molar refractivity (Wildman–Crippen MR) is 59.6 cm³/mol. The molecule has 1 aromatic rings. The smallest absolute Gasteiger partial charge is 0.110 e. The van der Waals surface area contributed by atoms with Crippen LogP contribution in [0.2, 0.25) is 0 Å². The minimum absolute atomic E-state index is 0.818. The third kappa shape index (κ3) is 1.91. The number of piperidine rings is 1. The maximum absolute atomic E-state index is 8.73. The Bertz CT molecular complexity index is 342. The van der Waals surface area contributed by atoms with Gasteiger partial charge in [-0.05, 0) is 30.9 Å². The van der Waals surface area contributed by atoms with Gasteiger partial charge in [-0.1, -0.05) is 6.92 Å². The van der Waals surface area contributed by atoms with Crippen molar-refractivity contribution in [2.24, 2.45) is 5.92 Å². The Kier molecular flexibility index (Phi) is 2.74. The van der Waals surface area contributed by atoms with Crippen molar-refractivity contribution in [2.75, 3.05) is 18.0 Å². The molecule has 1 aliphatic rings. The maximum Gasteiger partial charge on any atom is 0.110 e. The van der Waals surface area contributed by atoms with Gasteiger partial charge in [0.15, 0.2) is 0 Å². The number of thiophene rings is 1. The molecule has 1 aliphatic heterocycles. The fourth-order valence-electron chi connectivity index (χ4n) is 1.79. The van der Waals surface area contributed by atoms with Gasteiger partial charge in [0.25, 0.3) is 0 Å². The van der Waals surface area contributed by atoms with Crippen molar-refractivity contribution in [1.82, 2.24) is 0 Å². The molecule has 1 fully saturated rings.